The molecular formula is C5H9NS. The molecule has 1 aliphatic heterocycles. The topological polar surface area (TPSA) is 12.4 Å². The first-order valence-corrected chi connectivity index (χ1v) is 3.76. The van der Waals surface area contributed by atoms with Crippen molar-refractivity contribution >= 4 is 18.0 Å². The summed E-state index contributed by atoms with van der Waals surface area (Å²) in [6.45, 7) is 0. The lowest BCUT2D eigenvalue weighted by molar-refractivity contribution is 0.895. The Bertz CT molecular complexity index is 80.1. The van der Waals surface area contributed by atoms with E-state index in [1.165, 1.54) is 12.8 Å². The second-order valence-corrected chi connectivity index (χ2v) is 2.61. The molecule has 2 heteroatoms. The van der Waals surface area contributed by atoms with Gasteiger partial charge in [0.1, 0.15) is 0 Å². The van der Waals surface area contributed by atoms with E-state index < -0.39 is 0 Å². The van der Waals surface area contributed by atoms with Gasteiger partial charge in [-0.05, 0) is 19.1 Å². The van der Waals surface area contributed by atoms with Gasteiger partial charge in [-0.1, -0.05) is 0 Å². The molecule has 1 nitrogen and oxygen atoms in total. The van der Waals surface area contributed by atoms with Crippen LogP contribution in [0.1, 0.15) is 12.8 Å². The van der Waals surface area contributed by atoms with Gasteiger partial charge in [-0.3, -0.25) is 4.99 Å². The van der Waals surface area contributed by atoms with Crippen molar-refractivity contribution in [1.82, 2.24) is 0 Å². The van der Waals surface area contributed by atoms with Crippen LogP contribution in [-0.2, 0) is 0 Å². The van der Waals surface area contributed by atoms with Crippen molar-refractivity contribution in [1.29, 1.82) is 0 Å². The molecule has 1 heterocycles. The summed E-state index contributed by atoms with van der Waals surface area (Å²) in [6, 6.07) is 0. The SMILES string of the molecule is CSC1CCC=N1. The maximum absolute atomic E-state index is 4.19. The summed E-state index contributed by atoms with van der Waals surface area (Å²) in [4.78, 5) is 4.19. The van der Waals surface area contributed by atoms with Crippen LogP contribution in [0.25, 0.3) is 0 Å². The number of hydrogen-bond acceptors (Lipinski definition) is 2. The van der Waals surface area contributed by atoms with Gasteiger partial charge in [-0.2, -0.15) is 0 Å². The average molecular weight is 115 g/mol. The summed E-state index contributed by atoms with van der Waals surface area (Å²) >= 11 is 1.83. The first-order valence-electron chi connectivity index (χ1n) is 2.48. The molecule has 40 valence electrons. The molecule has 1 rings (SSSR count). The van der Waals surface area contributed by atoms with Gasteiger partial charge in [0.2, 0.25) is 0 Å². The zero-order chi connectivity index (χ0) is 5.11. The van der Waals surface area contributed by atoms with E-state index in [0.717, 1.165) is 0 Å². The monoisotopic (exact) mass is 115 g/mol. The molecule has 0 aromatic carbocycles. The Morgan fingerprint density at radius 1 is 1.86 bits per heavy atom. The van der Waals surface area contributed by atoms with Crippen LogP contribution in [0.2, 0.25) is 0 Å². The van der Waals surface area contributed by atoms with Crippen LogP contribution in [0.4, 0.5) is 0 Å². The largest absolute Gasteiger partial charge is 0.283 e. The molecule has 0 aromatic heterocycles. The van der Waals surface area contributed by atoms with Crippen LogP contribution in [-0.4, -0.2) is 17.8 Å². The zero-order valence-electron chi connectivity index (χ0n) is 4.42. The minimum atomic E-state index is 0.583. The summed E-state index contributed by atoms with van der Waals surface area (Å²) in [6.07, 6.45) is 6.56. The van der Waals surface area contributed by atoms with Gasteiger partial charge in [-0.25, -0.2) is 0 Å². The van der Waals surface area contributed by atoms with Gasteiger partial charge >= 0.3 is 0 Å². The minimum Gasteiger partial charge on any atom is -0.283 e. The van der Waals surface area contributed by atoms with Crippen LogP contribution in [0, 0.1) is 0 Å². The molecule has 0 N–H and O–H groups in total. The van der Waals surface area contributed by atoms with Gasteiger partial charge in [0.25, 0.3) is 0 Å². The zero-order valence-corrected chi connectivity index (χ0v) is 5.24. The molecule has 0 fully saturated rings. The number of hydrogen-bond donors (Lipinski definition) is 0. The predicted molar refractivity (Wildman–Crippen MR) is 35.0 cm³/mol. The summed E-state index contributed by atoms with van der Waals surface area (Å²) in [5.41, 5.74) is 0. The number of thioether (sulfide) groups is 1. The van der Waals surface area contributed by atoms with Crippen molar-refractivity contribution in [3.63, 3.8) is 0 Å². The molecule has 7 heavy (non-hydrogen) atoms. The van der Waals surface area contributed by atoms with Crippen molar-refractivity contribution < 1.29 is 0 Å². The highest BCUT2D eigenvalue weighted by Gasteiger charge is 2.05. The van der Waals surface area contributed by atoms with E-state index in [9.17, 15) is 0 Å². The van der Waals surface area contributed by atoms with Gasteiger partial charge < -0.3 is 0 Å². The highest BCUT2D eigenvalue weighted by molar-refractivity contribution is 7.99. The molecule has 0 spiro atoms. The van der Waals surface area contributed by atoms with Crippen LogP contribution in [0.5, 0.6) is 0 Å². The van der Waals surface area contributed by atoms with Crippen LogP contribution < -0.4 is 0 Å². The highest BCUT2D eigenvalue weighted by Crippen LogP contribution is 2.17. The van der Waals surface area contributed by atoms with E-state index >= 15 is 0 Å². The molecule has 0 radical (unpaired) electrons. The Labute approximate surface area is 48.2 Å². The van der Waals surface area contributed by atoms with Gasteiger partial charge in [0, 0.05) is 6.21 Å². The second-order valence-electron chi connectivity index (χ2n) is 1.60. The number of rotatable bonds is 1. The third-order valence-electron chi connectivity index (χ3n) is 1.09. The summed E-state index contributed by atoms with van der Waals surface area (Å²) in [5.74, 6) is 0. The highest BCUT2D eigenvalue weighted by atomic mass is 32.2. The summed E-state index contributed by atoms with van der Waals surface area (Å²) in [7, 11) is 0. The fourth-order valence-electron chi connectivity index (χ4n) is 0.662. The molecular weight excluding hydrogens is 106 g/mol. The normalized spacial score (nSPS) is 29.0. The first kappa shape index (κ1) is 5.16. The fraction of sp³-hybridized carbons (Fsp3) is 0.800. The minimum absolute atomic E-state index is 0.583. The van der Waals surface area contributed by atoms with Crippen molar-refractivity contribution in [3.05, 3.63) is 0 Å². The quantitative estimate of drug-likeness (QED) is 0.505. The lowest BCUT2D eigenvalue weighted by atomic mass is 10.4. The fourth-order valence-corrected chi connectivity index (χ4v) is 1.24. The summed E-state index contributed by atoms with van der Waals surface area (Å²) < 4.78 is 0. The van der Waals surface area contributed by atoms with Gasteiger partial charge in [0.15, 0.2) is 0 Å². The number of aliphatic imine (C=N–C) groups is 1. The van der Waals surface area contributed by atoms with E-state index in [-0.39, 0.29) is 0 Å². The third-order valence-corrected chi connectivity index (χ3v) is 1.99. The van der Waals surface area contributed by atoms with Crippen molar-refractivity contribution in [2.24, 2.45) is 4.99 Å². The smallest absolute Gasteiger partial charge is 0.0948 e. The van der Waals surface area contributed by atoms with Crippen molar-refractivity contribution in [3.8, 4) is 0 Å². The third kappa shape index (κ3) is 1.20. The van der Waals surface area contributed by atoms with Crippen LogP contribution in [0.15, 0.2) is 4.99 Å². The Morgan fingerprint density at radius 2 is 2.71 bits per heavy atom. The van der Waals surface area contributed by atoms with Crippen molar-refractivity contribution in [2.75, 3.05) is 6.26 Å². The Morgan fingerprint density at radius 3 is 3.00 bits per heavy atom. The number of nitrogens with zero attached hydrogens (tertiary/aromatic N) is 1. The van der Waals surface area contributed by atoms with E-state index in [1.807, 2.05) is 18.0 Å². The lowest BCUT2D eigenvalue weighted by Gasteiger charge is -1.96. The van der Waals surface area contributed by atoms with Crippen molar-refractivity contribution in [2.45, 2.75) is 18.2 Å². The van der Waals surface area contributed by atoms with Gasteiger partial charge in [0.05, 0.1) is 5.37 Å². The lowest BCUT2D eigenvalue weighted by Crippen LogP contribution is -1.87. The molecule has 0 saturated heterocycles. The molecule has 1 aliphatic rings. The first-order chi connectivity index (χ1) is 3.43. The predicted octanol–water partition coefficient (Wildman–Crippen LogP) is 1.54. The molecule has 1 unspecified atom stereocenters. The van der Waals surface area contributed by atoms with E-state index in [0.29, 0.717) is 5.37 Å². The maximum atomic E-state index is 4.19. The average Bonchev–Trinajstić information content (AvgIpc) is 2.14. The maximum Gasteiger partial charge on any atom is 0.0948 e. The van der Waals surface area contributed by atoms with Crippen LogP contribution in [0.3, 0.4) is 0 Å². The Kier molecular flexibility index (Phi) is 1.74. The molecule has 0 amide bonds. The van der Waals surface area contributed by atoms with E-state index in [4.69, 9.17) is 0 Å². The van der Waals surface area contributed by atoms with E-state index in [1.54, 1.807) is 0 Å². The summed E-state index contributed by atoms with van der Waals surface area (Å²) in [5, 5.41) is 0.583. The molecule has 0 aliphatic carbocycles. The second kappa shape index (κ2) is 2.36. The Balaban J connectivity index is 2.28. The molecule has 0 bridgehead atoms. The Hall–Kier alpha value is 0.0200. The standard InChI is InChI=1S/C5H9NS/c1-7-5-3-2-4-6-5/h4-5H,2-3H2,1H3. The molecule has 0 saturated carbocycles. The van der Waals surface area contributed by atoms with Crippen LogP contribution >= 0.6 is 11.8 Å². The van der Waals surface area contributed by atoms with E-state index in [2.05, 4.69) is 11.2 Å². The van der Waals surface area contributed by atoms with Gasteiger partial charge in [-0.15, -0.1) is 11.8 Å². The molecule has 0 aromatic rings. The molecule has 1 atom stereocenters.